The monoisotopic (exact) mass is 267 g/mol. The van der Waals surface area contributed by atoms with Crippen LogP contribution in [0.1, 0.15) is 30.9 Å². The van der Waals surface area contributed by atoms with Crippen molar-refractivity contribution in [1.29, 1.82) is 0 Å². The number of rotatable bonds is 4. The quantitative estimate of drug-likeness (QED) is 0.865. The molecule has 2 aromatic rings. The Morgan fingerprint density at radius 2 is 1.80 bits per heavy atom. The minimum absolute atomic E-state index is 0.246. The van der Waals surface area contributed by atoms with Crippen LogP contribution in [-0.4, -0.2) is 15.9 Å². The fraction of sp³-hybridized carbons (Fsp3) is 0.188. The molecule has 0 radical (unpaired) electrons. The summed E-state index contributed by atoms with van der Waals surface area (Å²) in [6.07, 6.45) is 6.40. The minimum atomic E-state index is -0.246. The zero-order valence-corrected chi connectivity index (χ0v) is 11.6. The Labute approximate surface area is 118 Å². The SMILES string of the molecule is CC(C)c1ccc(C=CC(=O)Nc2ncccn2)cc1. The largest absolute Gasteiger partial charge is 0.291 e. The predicted molar refractivity (Wildman–Crippen MR) is 80.2 cm³/mol. The molecule has 4 heteroatoms. The number of nitrogens with one attached hydrogen (secondary N) is 1. The zero-order valence-electron chi connectivity index (χ0n) is 11.6. The van der Waals surface area contributed by atoms with Crippen molar-refractivity contribution < 1.29 is 4.79 Å². The summed E-state index contributed by atoms with van der Waals surface area (Å²) in [6.45, 7) is 4.30. The van der Waals surface area contributed by atoms with E-state index in [1.54, 1.807) is 24.5 Å². The van der Waals surface area contributed by atoms with Gasteiger partial charge in [-0.1, -0.05) is 38.1 Å². The van der Waals surface area contributed by atoms with Crippen LogP contribution < -0.4 is 5.32 Å². The Hall–Kier alpha value is -2.49. The number of aromatic nitrogens is 2. The molecule has 0 saturated heterocycles. The van der Waals surface area contributed by atoms with Crippen molar-refractivity contribution >= 4 is 17.9 Å². The summed E-state index contributed by atoms with van der Waals surface area (Å²) in [5.74, 6) is 0.563. The summed E-state index contributed by atoms with van der Waals surface area (Å²) in [6, 6.07) is 9.84. The maximum atomic E-state index is 11.7. The summed E-state index contributed by atoms with van der Waals surface area (Å²) >= 11 is 0. The molecule has 4 nitrogen and oxygen atoms in total. The molecular weight excluding hydrogens is 250 g/mol. The van der Waals surface area contributed by atoms with Crippen molar-refractivity contribution in [2.24, 2.45) is 0 Å². The molecule has 2 rings (SSSR count). The summed E-state index contributed by atoms with van der Waals surface area (Å²) in [5, 5.41) is 2.59. The van der Waals surface area contributed by atoms with Crippen molar-refractivity contribution in [3.8, 4) is 0 Å². The molecule has 1 aromatic heterocycles. The van der Waals surface area contributed by atoms with Gasteiger partial charge in [0.2, 0.25) is 5.95 Å². The van der Waals surface area contributed by atoms with Gasteiger partial charge in [-0.2, -0.15) is 0 Å². The van der Waals surface area contributed by atoms with E-state index in [1.165, 1.54) is 11.6 Å². The molecule has 1 aromatic carbocycles. The first-order chi connectivity index (χ1) is 9.65. The highest BCUT2D eigenvalue weighted by molar-refractivity contribution is 6.00. The van der Waals surface area contributed by atoms with Gasteiger partial charge in [0.25, 0.3) is 5.91 Å². The maximum Gasteiger partial charge on any atom is 0.250 e. The third kappa shape index (κ3) is 4.02. The molecule has 0 aliphatic carbocycles. The molecule has 0 bridgehead atoms. The first-order valence-electron chi connectivity index (χ1n) is 6.51. The molecule has 0 atom stereocenters. The van der Waals surface area contributed by atoms with Crippen LogP contribution in [0.2, 0.25) is 0 Å². The van der Waals surface area contributed by atoms with Crippen LogP contribution in [0, 0.1) is 0 Å². The van der Waals surface area contributed by atoms with Gasteiger partial charge in [-0.05, 0) is 29.2 Å². The lowest BCUT2D eigenvalue weighted by Gasteiger charge is -2.04. The average molecular weight is 267 g/mol. The molecule has 0 saturated carbocycles. The number of nitrogens with zero attached hydrogens (tertiary/aromatic N) is 2. The maximum absolute atomic E-state index is 11.7. The number of carbonyl (C=O) groups excluding carboxylic acids is 1. The van der Waals surface area contributed by atoms with Crippen molar-refractivity contribution in [1.82, 2.24) is 9.97 Å². The van der Waals surface area contributed by atoms with Crippen LogP contribution in [0.5, 0.6) is 0 Å². The summed E-state index contributed by atoms with van der Waals surface area (Å²) in [4.78, 5) is 19.5. The molecule has 20 heavy (non-hydrogen) atoms. The average Bonchev–Trinajstić information content (AvgIpc) is 2.46. The molecule has 1 heterocycles. The van der Waals surface area contributed by atoms with E-state index in [1.807, 2.05) is 12.1 Å². The van der Waals surface area contributed by atoms with Gasteiger partial charge in [-0.25, -0.2) is 9.97 Å². The molecule has 1 N–H and O–H groups in total. The van der Waals surface area contributed by atoms with E-state index in [0.717, 1.165) is 5.56 Å². The molecule has 0 unspecified atom stereocenters. The lowest BCUT2D eigenvalue weighted by Crippen LogP contribution is -2.10. The van der Waals surface area contributed by atoms with Crippen molar-refractivity contribution in [2.75, 3.05) is 5.32 Å². The van der Waals surface area contributed by atoms with E-state index in [9.17, 15) is 4.79 Å². The molecular formula is C16H17N3O. The van der Waals surface area contributed by atoms with Crippen LogP contribution >= 0.6 is 0 Å². The number of hydrogen-bond acceptors (Lipinski definition) is 3. The number of benzene rings is 1. The van der Waals surface area contributed by atoms with E-state index >= 15 is 0 Å². The Kier molecular flexibility index (Phi) is 4.60. The molecule has 0 aliphatic heterocycles. The summed E-state index contributed by atoms with van der Waals surface area (Å²) in [5.41, 5.74) is 2.27. The molecule has 102 valence electrons. The van der Waals surface area contributed by atoms with Crippen LogP contribution in [0.3, 0.4) is 0 Å². The van der Waals surface area contributed by atoms with Gasteiger partial charge in [-0.15, -0.1) is 0 Å². The van der Waals surface area contributed by atoms with Gasteiger partial charge < -0.3 is 0 Å². The van der Waals surface area contributed by atoms with E-state index in [0.29, 0.717) is 11.9 Å². The zero-order chi connectivity index (χ0) is 14.4. The minimum Gasteiger partial charge on any atom is -0.291 e. The fourth-order valence-electron chi connectivity index (χ4n) is 1.68. The predicted octanol–water partition coefficient (Wildman–Crippen LogP) is 3.25. The second-order valence-electron chi connectivity index (χ2n) is 4.72. The van der Waals surface area contributed by atoms with Gasteiger partial charge in [0.1, 0.15) is 0 Å². The normalized spacial score (nSPS) is 10.9. The van der Waals surface area contributed by atoms with Gasteiger partial charge in [0.15, 0.2) is 0 Å². The van der Waals surface area contributed by atoms with Crippen LogP contribution in [0.4, 0.5) is 5.95 Å². The smallest absolute Gasteiger partial charge is 0.250 e. The van der Waals surface area contributed by atoms with E-state index in [2.05, 4.69) is 41.3 Å². The second kappa shape index (κ2) is 6.61. The Bertz CT molecular complexity index is 589. The van der Waals surface area contributed by atoms with Crippen molar-refractivity contribution in [2.45, 2.75) is 19.8 Å². The van der Waals surface area contributed by atoms with Gasteiger partial charge >= 0.3 is 0 Å². The fourth-order valence-corrected chi connectivity index (χ4v) is 1.68. The second-order valence-corrected chi connectivity index (χ2v) is 4.72. The highest BCUT2D eigenvalue weighted by Gasteiger charge is 2.00. The Morgan fingerprint density at radius 1 is 1.15 bits per heavy atom. The topological polar surface area (TPSA) is 54.9 Å². The first kappa shape index (κ1) is 13.9. The van der Waals surface area contributed by atoms with Gasteiger partial charge in [-0.3, -0.25) is 10.1 Å². The molecule has 0 spiro atoms. The van der Waals surface area contributed by atoms with E-state index in [4.69, 9.17) is 0 Å². The molecule has 0 aliphatic rings. The third-order valence-electron chi connectivity index (χ3n) is 2.83. The Morgan fingerprint density at radius 3 is 2.40 bits per heavy atom. The van der Waals surface area contributed by atoms with Crippen LogP contribution in [0.25, 0.3) is 6.08 Å². The Balaban J connectivity index is 1.97. The highest BCUT2D eigenvalue weighted by atomic mass is 16.1. The van der Waals surface area contributed by atoms with Crippen LogP contribution in [-0.2, 0) is 4.79 Å². The summed E-state index contributed by atoms with van der Waals surface area (Å²) < 4.78 is 0. The lowest BCUT2D eigenvalue weighted by molar-refractivity contribution is -0.111. The first-order valence-corrected chi connectivity index (χ1v) is 6.51. The number of hydrogen-bond donors (Lipinski definition) is 1. The number of anilines is 1. The van der Waals surface area contributed by atoms with Gasteiger partial charge in [0, 0.05) is 18.5 Å². The highest BCUT2D eigenvalue weighted by Crippen LogP contribution is 2.15. The van der Waals surface area contributed by atoms with Crippen molar-refractivity contribution in [3.63, 3.8) is 0 Å². The van der Waals surface area contributed by atoms with E-state index < -0.39 is 0 Å². The van der Waals surface area contributed by atoms with E-state index in [-0.39, 0.29) is 5.91 Å². The van der Waals surface area contributed by atoms with Crippen LogP contribution in [0.15, 0.2) is 48.8 Å². The third-order valence-corrected chi connectivity index (χ3v) is 2.83. The van der Waals surface area contributed by atoms with Crippen molar-refractivity contribution in [3.05, 3.63) is 59.9 Å². The number of amides is 1. The number of carbonyl (C=O) groups is 1. The lowest BCUT2D eigenvalue weighted by atomic mass is 10.0. The van der Waals surface area contributed by atoms with Gasteiger partial charge in [0.05, 0.1) is 0 Å². The summed E-state index contributed by atoms with van der Waals surface area (Å²) in [7, 11) is 0. The molecule has 1 amide bonds. The standard InChI is InChI=1S/C16H17N3O/c1-12(2)14-7-4-13(5-8-14)6-9-15(20)19-16-17-10-3-11-18-16/h3-12H,1-2H3,(H,17,18,19,20). The molecule has 0 fully saturated rings.